The summed E-state index contributed by atoms with van der Waals surface area (Å²) < 4.78 is 11.3. The molecule has 132 valence electrons. The van der Waals surface area contributed by atoms with Crippen LogP contribution in [-0.4, -0.2) is 46.0 Å². The molecule has 6 heteroatoms. The number of carboxylic acid groups (broad SMARTS) is 1. The van der Waals surface area contributed by atoms with Crippen LogP contribution in [0.15, 0.2) is 0 Å². The van der Waals surface area contributed by atoms with E-state index in [9.17, 15) is 14.7 Å². The molecule has 0 aromatic rings. The van der Waals surface area contributed by atoms with E-state index in [-0.39, 0.29) is 6.61 Å². The number of rotatable bonds is 2. The molecule has 0 bridgehead atoms. The zero-order chi connectivity index (χ0) is 17.4. The summed E-state index contributed by atoms with van der Waals surface area (Å²) >= 11 is 0. The highest BCUT2D eigenvalue weighted by Crippen LogP contribution is 2.44. The lowest BCUT2D eigenvalue weighted by Gasteiger charge is -2.43. The van der Waals surface area contributed by atoms with Crippen LogP contribution in [0, 0.1) is 11.8 Å². The van der Waals surface area contributed by atoms with Crippen molar-refractivity contribution in [2.75, 3.05) is 6.61 Å². The lowest BCUT2D eigenvalue weighted by atomic mass is 9.77. The van der Waals surface area contributed by atoms with Gasteiger partial charge in [-0.1, -0.05) is 13.8 Å². The van der Waals surface area contributed by atoms with E-state index in [4.69, 9.17) is 9.47 Å². The van der Waals surface area contributed by atoms with Gasteiger partial charge in [0.1, 0.15) is 11.3 Å². The highest BCUT2D eigenvalue weighted by Gasteiger charge is 2.55. The van der Waals surface area contributed by atoms with Gasteiger partial charge in [0.2, 0.25) is 0 Å². The summed E-state index contributed by atoms with van der Waals surface area (Å²) in [6.07, 6.45) is 2.61. The van der Waals surface area contributed by atoms with E-state index >= 15 is 0 Å². The summed E-state index contributed by atoms with van der Waals surface area (Å²) in [6, 6.07) is -0.972. The highest BCUT2D eigenvalue weighted by atomic mass is 16.6. The molecule has 0 aromatic carbocycles. The fraction of sp³-hybridized carbons (Fsp3) is 0.882. The maximum absolute atomic E-state index is 12.6. The first-order valence-corrected chi connectivity index (χ1v) is 8.45. The van der Waals surface area contributed by atoms with Crippen LogP contribution in [-0.2, 0) is 14.3 Å². The quantitative estimate of drug-likeness (QED) is 0.842. The van der Waals surface area contributed by atoms with E-state index in [1.165, 1.54) is 4.90 Å². The third-order valence-electron chi connectivity index (χ3n) is 4.89. The second-order valence-electron chi connectivity index (χ2n) is 8.04. The molecule has 2 fully saturated rings. The Bertz CT molecular complexity index is 460. The van der Waals surface area contributed by atoms with E-state index in [0.29, 0.717) is 24.7 Å². The van der Waals surface area contributed by atoms with Crippen molar-refractivity contribution in [2.24, 2.45) is 11.8 Å². The Morgan fingerprint density at radius 1 is 1.26 bits per heavy atom. The average Bonchev–Trinajstić information content (AvgIpc) is 2.76. The van der Waals surface area contributed by atoms with Crippen LogP contribution in [0.2, 0.25) is 0 Å². The van der Waals surface area contributed by atoms with E-state index in [0.717, 1.165) is 12.8 Å². The van der Waals surface area contributed by atoms with Gasteiger partial charge in [0.15, 0.2) is 6.04 Å². The number of hydrogen-bond donors (Lipinski definition) is 1. The summed E-state index contributed by atoms with van der Waals surface area (Å²) in [7, 11) is 0. The van der Waals surface area contributed by atoms with Crippen LogP contribution >= 0.6 is 0 Å². The number of carboxylic acids is 1. The second-order valence-corrected chi connectivity index (χ2v) is 8.04. The van der Waals surface area contributed by atoms with Crippen molar-refractivity contribution >= 4 is 12.1 Å². The Morgan fingerprint density at radius 2 is 1.83 bits per heavy atom. The Balaban J connectivity index is 2.21. The van der Waals surface area contributed by atoms with Crippen molar-refractivity contribution in [1.29, 1.82) is 0 Å². The predicted molar refractivity (Wildman–Crippen MR) is 85.0 cm³/mol. The van der Waals surface area contributed by atoms with E-state index in [1.807, 2.05) is 0 Å². The summed E-state index contributed by atoms with van der Waals surface area (Å²) in [5.74, 6) is 0.131. The average molecular weight is 327 g/mol. The number of aliphatic carboxylic acids is 1. The van der Waals surface area contributed by atoms with Crippen LogP contribution in [0.1, 0.15) is 60.3 Å². The van der Waals surface area contributed by atoms with Crippen molar-refractivity contribution < 1.29 is 24.2 Å². The molecule has 23 heavy (non-hydrogen) atoms. The highest BCUT2D eigenvalue weighted by molar-refractivity contribution is 5.81. The van der Waals surface area contributed by atoms with E-state index < -0.39 is 29.4 Å². The monoisotopic (exact) mass is 327 g/mol. The summed E-state index contributed by atoms with van der Waals surface area (Å²) in [4.78, 5) is 25.5. The van der Waals surface area contributed by atoms with Crippen molar-refractivity contribution in [1.82, 2.24) is 4.90 Å². The summed E-state index contributed by atoms with van der Waals surface area (Å²) in [5.41, 5.74) is -1.49. The maximum atomic E-state index is 12.6. The van der Waals surface area contributed by atoms with Crippen molar-refractivity contribution in [3.8, 4) is 0 Å². The Morgan fingerprint density at radius 3 is 2.26 bits per heavy atom. The predicted octanol–water partition coefficient (Wildman–Crippen LogP) is 3.25. The van der Waals surface area contributed by atoms with E-state index in [2.05, 4.69) is 13.8 Å². The van der Waals surface area contributed by atoms with Crippen molar-refractivity contribution in [2.45, 2.75) is 77.7 Å². The second kappa shape index (κ2) is 6.30. The van der Waals surface area contributed by atoms with Crippen LogP contribution < -0.4 is 0 Å². The van der Waals surface area contributed by atoms with E-state index in [1.54, 1.807) is 20.8 Å². The molecule has 6 nitrogen and oxygen atoms in total. The number of nitrogens with zero attached hydrogens (tertiary/aromatic N) is 1. The molecule has 1 aliphatic carbocycles. The third-order valence-corrected chi connectivity index (χ3v) is 4.89. The van der Waals surface area contributed by atoms with Gasteiger partial charge in [-0.25, -0.2) is 9.59 Å². The van der Waals surface area contributed by atoms with Gasteiger partial charge in [-0.05, 0) is 58.3 Å². The molecule has 1 amide bonds. The molecule has 2 rings (SSSR count). The van der Waals surface area contributed by atoms with Gasteiger partial charge in [0.25, 0.3) is 0 Å². The lowest BCUT2D eigenvalue weighted by molar-refractivity contribution is -0.146. The molecule has 1 spiro atoms. The first-order valence-electron chi connectivity index (χ1n) is 8.45. The van der Waals surface area contributed by atoms with Gasteiger partial charge < -0.3 is 14.6 Å². The number of carbonyl (C=O) groups is 2. The third kappa shape index (κ3) is 3.79. The summed E-state index contributed by atoms with van der Waals surface area (Å²) in [5, 5.41) is 9.46. The van der Waals surface area contributed by atoms with Crippen LogP contribution in [0.25, 0.3) is 0 Å². The minimum Gasteiger partial charge on any atom is -0.480 e. The van der Waals surface area contributed by atoms with Gasteiger partial charge in [-0.2, -0.15) is 0 Å². The topological polar surface area (TPSA) is 76.1 Å². The van der Waals surface area contributed by atoms with Gasteiger partial charge in [-0.15, -0.1) is 0 Å². The Hall–Kier alpha value is -1.30. The Kier molecular flexibility index (Phi) is 4.95. The Labute approximate surface area is 138 Å². The maximum Gasteiger partial charge on any atom is 0.413 e. The van der Waals surface area contributed by atoms with Crippen molar-refractivity contribution in [3.05, 3.63) is 0 Å². The number of amides is 1. The van der Waals surface area contributed by atoms with Gasteiger partial charge in [0, 0.05) is 0 Å². The van der Waals surface area contributed by atoms with Crippen molar-refractivity contribution in [3.63, 3.8) is 0 Å². The molecule has 0 aromatic heterocycles. The lowest BCUT2D eigenvalue weighted by Crippen LogP contribution is -2.56. The first kappa shape index (κ1) is 18.0. The minimum atomic E-state index is -1.04. The largest absolute Gasteiger partial charge is 0.480 e. The molecule has 1 N–H and O–H groups in total. The molecule has 1 atom stereocenters. The standard InChI is InChI=1S/C17H29NO5/c1-11(2)12-6-8-17(9-7-12)18(13(10-22-17)14(19)20)15(21)23-16(3,4)5/h11-13H,6-10H2,1-5H3,(H,19,20). The molecule has 1 unspecified atom stereocenters. The van der Waals surface area contributed by atoms with Crippen LogP contribution in [0.4, 0.5) is 4.79 Å². The minimum absolute atomic E-state index is 0.0287. The van der Waals surface area contributed by atoms with Crippen LogP contribution in [0.5, 0.6) is 0 Å². The zero-order valence-corrected chi connectivity index (χ0v) is 14.8. The summed E-state index contributed by atoms with van der Waals surface area (Å²) in [6.45, 7) is 9.76. The molecule has 0 radical (unpaired) electrons. The fourth-order valence-electron chi connectivity index (χ4n) is 3.59. The molecule has 1 saturated heterocycles. The molecular weight excluding hydrogens is 298 g/mol. The zero-order valence-electron chi connectivity index (χ0n) is 14.8. The van der Waals surface area contributed by atoms with Crippen LogP contribution in [0.3, 0.4) is 0 Å². The van der Waals surface area contributed by atoms with Gasteiger partial charge in [-0.3, -0.25) is 4.90 Å². The van der Waals surface area contributed by atoms with Gasteiger partial charge >= 0.3 is 12.1 Å². The molecule has 1 saturated carbocycles. The number of hydrogen-bond acceptors (Lipinski definition) is 4. The molecule has 1 heterocycles. The number of ether oxygens (including phenoxy) is 2. The van der Waals surface area contributed by atoms with Gasteiger partial charge in [0.05, 0.1) is 6.61 Å². The molecular formula is C17H29NO5. The fourth-order valence-corrected chi connectivity index (χ4v) is 3.59. The number of carbonyl (C=O) groups excluding carboxylic acids is 1. The smallest absolute Gasteiger partial charge is 0.413 e. The first-order chi connectivity index (χ1) is 10.6. The molecule has 1 aliphatic heterocycles. The molecule has 2 aliphatic rings. The normalized spacial score (nSPS) is 31.7. The SMILES string of the molecule is CC(C)C1CCC2(CC1)OCC(C(=O)O)N2C(=O)OC(C)(C)C.